The van der Waals surface area contributed by atoms with Crippen LogP contribution in [-0.4, -0.2) is 18.2 Å². The molecular formula is C15H18N2O3. The number of methoxy groups -OCH3 is 1. The number of hydrogen-bond donors (Lipinski definition) is 1. The van der Waals surface area contributed by atoms with Crippen molar-refractivity contribution in [3.05, 3.63) is 53.9 Å². The smallest absolute Gasteiger partial charge is 0.310 e. The Morgan fingerprint density at radius 1 is 1.35 bits per heavy atom. The highest BCUT2D eigenvalue weighted by Gasteiger charge is 2.25. The molecule has 0 radical (unpaired) electrons. The van der Waals surface area contributed by atoms with E-state index >= 15 is 0 Å². The minimum absolute atomic E-state index is 0.139. The first kappa shape index (κ1) is 14.3. The first-order valence-electron chi connectivity index (χ1n) is 6.47. The third kappa shape index (κ3) is 3.45. The molecule has 0 unspecified atom stereocenters. The summed E-state index contributed by atoms with van der Waals surface area (Å²) in [6, 6.07) is 11.5. The summed E-state index contributed by atoms with van der Waals surface area (Å²) in [5.41, 5.74) is 1.83. The highest BCUT2D eigenvalue weighted by Crippen LogP contribution is 2.23. The zero-order chi connectivity index (χ0) is 14.4. The van der Waals surface area contributed by atoms with E-state index in [4.69, 9.17) is 9.26 Å². The lowest BCUT2D eigenvalue weighted by Crippen LogP contribution is -2.31. The number of hydrogen-bond acceptors (Lipinski definition) is 5. The number of benzene rings is 1. The van der Waals surface area contributed by atoms with Crippen LogP contribution < -0.4 is 5.32 Å². The first-order chi connectivity index (χ1) is 9.72. The number of ether oxygens (including phenoxy) is 1. The molecule has 0 spiro atoms. The molecule has 5 heteroatoms. The van der Waals surface area contributed by atoms with Gasteiger partial charge in [-0.3, -0.25) is 4.79 Å². The fourth-order valence-corrected chi connectivity index (χ4v) is 2.11. The number of nitrogens with zero attached hydrogens (tertiary/aromatic N) is 1. The second-order valence-corrected chi connectivity index (χ2v) is 4.57. The molecule has 1 heterocycles. The van der Waals surface area contributed by atoms with Gasteiger partial charge in [0.15, 0.2) is 0 Å². The van der Waals surface area contributed by atoms with Crippen LogP contribution in [0.3, 0.4) is 0 Å². The quantitative estimate of drug-likeness (QED) is 0.819. The van der Waals surface area contributed by atoms with Crippen molar-refractivity contribution in [2.45, 2.75) is 19.5 Å². The molecule has 2 rings (SSSR count). The number of carbonyl (C=O) groups is 1. The maximum Gasteiger partial charge on any atom is 0.310 e. The van der Waals surface area contributed by atoms with Crippen LogP contribution in [0.15, 0.2) is 47.2 Å². The number of rotatable bonds is 6. The Labute approximate surface area is 117 Å². The van der Waals surface area contributed by atoms with Crippen LogP contribution in [-0.2, 0) is 16.1 Å². The van der Waals surface area contributed by atoms with E-state index in [1.54, 1.807) is 6.07 Å². The van der Waals surface area contributed by atoms with E-state index in [-0.39, 0.29) is 17.9 Å². The van der Waals surface area contributed by atoms with Gasteiger partial charge in [0.2, 0.25) is 0 Å². The third-order valence-electron chi connectivity index (χ3n) is 3.23. The standard InChI is InChI=1S/C15H18N2O3/c1-11(15(18)19-2)14(12-6-4-3-5-7-12)16-10-13-8-9-20-17-13/h3-9,11,14,16H,10H2,1-2H3/t11-,14+/m1/s1. The lowest BCUT2D eigenvalue weighted by molar-refractivity contribution is -0.145. The summed E-state index contributed by atoms with van der Waals surface area (Å²) >= 11 is 0. The molecule has 0 amide bonds. The van der Waals surface area contributed by atoms with Gasteiger partial charge in [-0.25, -0.2) is 0 Å². The first-order valence-corrected chi connectivity index (χ1v) is 6.47. The van der Waals surface area contributed by atoms with Crippen LogP contribution in [0.1, 0.15) is 24.2 Å². The van der Waals surface area contributed by atoms with Crippen molar-refractivity contribution in [1.29, 1.82) is 0 Å². The van der Waals surface area contributed by atoms with E-state index in [1.807, 2.05) is 37.3 Å². The molecule has 0 aliphatic carbocycles. The van der Waals surface area contributed by atoms with Crippen LogP contribution in [0, 0.1) is 5.92 Å². The third-order valence-corrected chi connectivity index (χ3v) is 3.23. The average Bonchev–Trinajstić information content (AvgIpc) is 3.01. The molecule has 0 saturated carbocycles. The Bertz CT molecular complexity index is 525. The molecule has 106 valence electrons. The van der Waals surface area contributed by atoms with Gasteiger partial charge in [-0.05, 0) is 5.56 Å². The summed E-state index contributed by atoms with van der Waals surface area (Å²) in [7, 11) is 1.40. The Balaban J connectivity index is 2.13. The summed E-state index contributed by atoms with van der Waals surface area (Å²) in [4.78, 5) is 11.8. The predicted octanol–water partition coefficient (Wildman–Crippen LogP) is 2.31. The van der Waals surface area contributed by atoms with Crippen LogP contribution >= 0.6 is 0 Å². The van der Waals surface area contributed by atoms with E-state index in [0.717, 1.165) is 11.3 Å². The zero-order valence-corrected chi connectivity index (χ0v) is 11.6. The molecule has 0 aliphatic rings. The molecule has 2 aromatic rings. The predicted molar refractivity (Wildman–Crippen MR) is 73.7 cm³/mol. The average molecular weight is 274 g/mol. The van der Waals surface area contributed by atoms with Crippen LogP contribution in [0.4, 0.5) is 0 Å². The number of carbonyl (C=O) groups excluding carboxylic acids is 1. The van der Waals surface area contributed by atoms with E-state index in [1.165, 1.54) is 13.4 Å². The van der Waals surface area contributed by atoms with E-state index in [2.05, 4.69) is 10.5 Å². The number of esters is 1. The highest BCUT2D eigenvalue weighted by molar-refractivity contribution is 5.73. The van der Waals surface area contributed by atoms with Crippen molar-refractivity contribution in [1.82, 2.24) is 10.5 Å². The molecule has 0 bridgehead atoms. The largest absolute Gasteiger partial charge is 0.469 e. The van der Waals surface area contributed by atoms with Crippen LogP contribution in [0.5, 0.6) is 0 Å². The molecule has 0 aliphatic heterocycles. The van der Waals surface area contributed by atoms with Gasteiger partial charge in [-0.15, -0.1) is 0 Å². The summed E-state index contributed by atoms with van der Waals surface area (Å²) in [5.74, 6) is -0.541. The Hall–Kier alpha value is -2.14. The van der Waals surface area contributed by atoms with Crippen LogP contribution in [0.2, 0.25) is 0 Å². The summed E-state index contributed by atoms with van der Waals surface area (Å²) < 4.78 is 9.64. The number of nitrogens with one attached hydrogen (secondary N) is 1. The second-order valence-electron chi connectivity index (χ2n) is 4.57. The van der Waals surface area contributed by atoms with E-state index < -0.39 is 0 Å². The monoisotopic (exact) mass is 274 g/mol. The molecule has 1 aromatic heterocycles. The summed E-state index contributed by atoms with van der Waals surface area (Å²) in [6.07, 6.45) is 1.53. The molecule has 1 N–H and O–H groups in total. The fourth-order valence-electron chi connectivity index (χ4n) is 2.11. The maximum atomic E-state index is 11.8. The van der Waals surface area contributed by atoms with Gasteiger partial charge in [-0.1, -0.05) is 42.4 Å². The fraction of sp³-hybridized carbons (Fsp3) is 0.333. The minimum atomic E-state index is -0.297. The van der Waals surface area contributed by atoms with Gasteiger partial charge in [0.1, 0.15) is 6.26 Å². The highest BCUT2D eigenvalue weighted by atomic mass is 16.5. The summed E-state index contributed by atoms with van der Waals surface area (Å²) in [5, 5.41) is 7.18. The van der Waals surface area contributed by atoms with Gasteiger partial charge < -0.3 is 14.6 Å². The molecule has 0 fully saturated rings. The van der Waals surface area contributed by atoms with E-state index in [0.29, 0.717) is 6.54 Å². The van der Waals surface area contributed by atoms with Crippen molar-refractivity contribution in [2.24, 2.45) is 5.92 Å². The van der Waals surface area contributed by atoms with Gasteiger partial charge >= 0.3 is 5.97 Å². The minimum Gasteiger partial charge on any atom is -0.469 e. The van der Waals surface area contributed by atoms with Gasteiger partial charge in [0, 0.05) is 18.7 Å². The Kier molecular flexibility index (Phi) is 4.90. The molecule has 5 nitrogen and oxygen atoms in total. The molecule has 2 atom stereocenters. The van der Waals surface area contributed by atoms with Crippen molar-refractivity contribution in [3.63, 3.8) is 0 Å². The van der Waals surface area contributed by atoms with Crippen molar-refractivity contribution in [2.75, 3.05) is 7.11 Å². The van der Waals surface area contributed by atoms with Crippen molar-refractivity contribution < 1.29 is 14.1 Å². The maximum absolute atomic E-state index is 11.8. The Morgan fingerprint density at radius 2 is 2.10 bits per heavy atom. The Morgan fingerprint density at radius 3 is 2.70 bits per heavy atom. The van der Waals surface area contributed by atoms with Crippen molar-refractivity contribution >= 4 is 5.97 Å². The molecule has 0 saturated heterocycles. The zero-order valence-electron chi connectivity index (χ0n) is 11.6. The SMILES string of the molecule is COC(=O)[C@H](C)[C@H](NCc1ccon1)c1ccccc1. The lowest BCUT2D eigenvalue weighted by atomic mass is 9.94. The lowest BCUT2D eigenvalue weighted by Gasteiger charge is -2.23. The summed E-state index contributed by atoms with van der Waals surface area (Å²) in [6.45, 7) is 2.37. The molecule has 1 aromatic carbocycles. The molecule has 20 heavy (non-hydrogen) atoms. The second kappa shape index (κ2) is 6.86. The topological polar surface area (TPSA) is 64.4 Å². The van der Waals surface area contributed by atoms with Crippen molar-refractivity contribution in [3.8, 4) is 0 Å². The van der Waals surface area contributed by atoms with E-state index in [9.17, 15) is 4.79 Å². The number of aromatic nitrogens is 1. The normalized spacial score (nSPS) is 13.7. The molecular weight excluding hydrogens is 256 g/mol. The van der Waals surface area contributed by atoms with Gasteiger partial charge in [0.05, 0.1) is 18.7 Å². The van der Waals surface area contributed by atoms with Gasteiger partial charge in [-0.2, -0.15) is 0 Å². The van der Waals surface area contributed by atoms with Crippen LogP contribution in [0.25, 0.3) is 0 Å². The van der Waals surface area contributed by atoms with Gasteiger partial charge in [0.25, 0.3) is 0 Å².